The van der Waals surface area contributed by atoms with Crippen LogP contribution in [0.3, 0.4) is 0 Å². The summed E-state index contributed by atoms with van der Waals surface area (Å²) in [5.41, 5.74) is 2.22. The van der Waals surface area contributed by atoms with Crippen LogP contribution in [-0.4, -0.2) is 11.6 Å². The molecule has 1 unspecified atom stereocenters. The topological polar surface area (TPSA) is 26.3 Å². The third-order valence-corrected chi connectivity index (χ3v) is 3.84. The Bertz CT molecular complexity index is 280. The Morgan fingerprint density at radius 1 is 1.54 bits per heavy atom. The molecule has 0 amide bonds. The van der Waals surface area contributed by atoms with E-state index in [-0.39, 0.29) is 0 Å². The van der Waals surface area contributed by atoms with Gasteiger partial charge in [0.05, 0.1) is 12.7 Å². The normalized spacial score (nSPS) is 12.6. The SMILES string of the molecule is CCc1cccc(N(C)[S+]([O-])Br)c1. The Morgan fingerprint density at radius 2 is 2.23 bits per heavy atom. The largest absolute Gasteiger partial charge is 0.582 e. The molecule has 1 atom stereocenters. The van der Waals surface area contributed by atoms with Crippen molar-refractivity contribution in [2.75, 3.05) is 11.4 Å². The first-order chi connectivity index (χ1) is 6.15. The number of anilines is 1. The van der Waals surface area contributed by atoms with Crippen molar-refractivity contribution < 1.29 is 4.55 Å². The van der Waals surface area contributed by atoms with E-state index in [4.69, 9.17) is 0 Å². The van der Waals surface area contributed by atoms with E-state index in [0.29, 0.717) is 0 Å². The molecule has 0 aliphatic carbocycles. The molecule has 0 N–H and O–H groups in total. The van der Waals surface area contributed by atoms with Crippen molar-refractivity contribution in [3.8, 4) is 0 Å². The Labute approximate surface area is 89.5 Å². The summed E-state index contributed by atoms with van der Waals surface area (Å²) in [7, 11) is 0.666. The lowest BCUT2D eigenvalue weighted by Gasteiger charge is -2.16. The highest BCUT2D eigenvalue weighted by Crippen LogP contribution is 2.20. The maximum atomic E-state index is 11.1. The van der Waals surface area contributed by atoms with Crippen molar-refractivity contribution >= 4 is 30.3 Å². The van der Waals surface area contributed by atoms with Crippen molar-refractivity contribution in [1.82, 2.24) is 0 Å². The van der Waals surface area contributed by atoms with Crippen LogP contribution in [0.5, 0.6) is 0 Å². The molecular formula is C9H12BrNOS. The fourth-order valence-electron chi connectivity index (χ4n) is 1.06. The zero-order chi connectivity index (χ0) is 9.84. The number of rotatable bonds is 3. The monoisotopic (exact) mass is 261 g/mol. The molecule has 0 radical (unpaired) electrons. The van der Waals surface area contributed by atoms with Crippen LogP contribution in [0.15, 0.2) is 24.3 Å². The van der Waals surface area contributed by atoms with Gasteiger partial charge >= 0.3 is 0 Å². The van der Waals surface area contributed by atoms with E-state index in [9.17, 15) is 4.55 Å². The first-order valence-corrected chi connectivity index (χ1v) is 7.01. The molecule has 0 aliphatic rings. The summed E-state index contributed by atoms with van der Waals surface area (Å²) >= 11 is 3.02. The van der Waals surface area contributed by atoms with Crippen LogP contribution in [0.2, 0.25) is 0 Å². The van der Waals surface area contributed by atoms with Crippen molar-refractivity contribution in [3.05, 3.63) is 29.8 Å². The highest BCUT2D eigenvalue weighted by Gasteiger charge is 2.11. The third-order valence-electron chi connectivity index (χ3n) is 1.90. The fourth-order valence-corrected chi connectivity index (χ4v) is 1.84. The number of nitrogens with zero attached hydrogens (tertiary/aromatic N) is 1. The maximum absolute atomic E-state index is 11.1. The second kappa shape index (κ2) is 4.88. The quantitative estimate of drug-likeness (QED) is 0.783. The van der Waals surface area contributed by atoms with E-state index in [1.165, 1.54) is 5.56 Å². The molecule has 2 nitrogen and oxygen atoms in total. The van der Waals surface area contributed by atoms with Gasteiger partial charge in [0.15, 0.2) is 9.80 Å². The molecule has 1 aromatic rings. The molecule has 0 saturated carbocycles. The van der Waals surface area contributed by atoms with Gasteiger partial charge in [-0.25, -0.2) is 0 Å². The van der Waals surface area contributed by atoms with Crippen molar-refractivity contribution in [3.63, 3.8) is 0 Å². The first-order valence-electron chi connectivity index (χ1n) is 4.06. The molecule has 4 heteroatoms. The van der Waals surface area contributed by atoms with Crippen LogP contribution in [0.1, 0.15) is 12.5 Å². The smallest absolute Gasteiger partial charge is 0.263 e. The lowest BCUT2D eigenvalue weighted by atomic mass is 10.1. The van der Waals surface area contributed by atoms with Gasteiger partial charge in [-0.15, -0.1) is 0 Å². The van der Waals surface area contributed by atoms with Crippen LogP contribution in [0, 0.1) is 0 Å². The van der Waals surface area contributed by atoms with Crippen LogP contribution < -0.4 is 4.31 Å². The molecule has 0 spiro atoms. The molecule has 1 aromatic carbocycles. The Hall–Kier alpha value is -0.190. The minimum atomic E-state index is -1.13. The molecule has 0 aromatic heterocycles. The van der Waals surface area contributed by atoms with Crippen molar-refractivity contribution in [2.45, 2.75) is 13.3 Å². The van der Waals surface area contributed by atoms with E-state index < -0.39 is 9.80 Å². The third kappa shape index (κ3) is 2.90. The van der Waals surface area contributed by atoms with Crippen LogP contribution >= 0.6 is 14.8 Å². The van der Waals surface area contributed by atoms with Crippen LogP contribution in [0.4, 0.5) is 5.69 Å². The van der Waals surface area contributed by atoms with Gasteiger partial charge in [-0.3, -0.25) is 0 Å². The average Bonchev–Trinajstić information content (AvgIpc) is 2.16. The summed E-state index contributed by atoms with van der Waals surface area (Å²) in [5.74, 6) is 0. The number of hydrogen-bond donors (Lipinski definition) is 0. The average molecular weight is 262 g/mol. The second-order valence-electron chi connectivity index (χ2n) is 2.73. The maximum Gasteiger partial charge on any atom is 0.263 e. The van der Waals surface area contributed by atoms with Gasteiger partial charge in [0, 0.05) is 0 Å². The standard InChI is InChI=1S/C9H12BrNOS/c1-3-8-5-4-6-9(7-8)11(2)13(10)12/h4-7H,3H2,1-2H3. The van der Waals surface area contributed by atoms with Gasteiger partial charge in [-0.05, 0) is 24.1 Å². The van der Waals surface area contributed by atoms with E-state index >= 15 is 0 Å². The number of aryl methyl sites for hydroxylation is 1. The summed E-state index contributed by atoms with van der Waals surface area (Å²) in [6, 6.07) is 8.02. The zero-order valence-electron chi connectivity index (χ0n) is 7.66. The molecule has 1 rings (SSSR count). The zero-order valence-corrected chi connectivity index (χ0v) is 10.1. The van der Waals surface area contributed by atoms with Gasteiger partial charge in [-0.1, -0.05) is 19.1 Å². The van der Waals surface area contributed by atoms with Gasteiger partial charge in [-0.2, -0.15) is 4.31 Å². The minimum absolute atomic E-state index is 0.967. The second-order valence-corrected chi connectivity index (χ2v) is 5.35. The van der Waals surface area contributed by atoms with Crippen molar-refractivity contribution in [1.29, 1.82) is 0 Å². The van der Waals surface area contributed by atoms with Gasteiger partial charge in [0.25, 0.3) is 14.8 Å². The van der Waals surface area contributed by atoms with Crippen LogP contribution in [-0.2, 0) is 16.2 Å². The molecule has 0 heterocycles. The van der Waals surface area contributed by atoms with E-state index in [1.807, 2.05) is 18.2 Å². The molecule has 72 valence electrons. The number of benzene rings is 1. The minimum Gasteiger partial charge on any atom is -0.582 e. The van der Waals surface area contributed by atoms with Crippen molar-refractivity contribution in [2.24, 2.45) is 0 Å². The molecule has 0 aliphatic heterocycles. The number of halogens is 1. The summed E-state index contributed by atoms with van der Waals surface area (Å²) in [5, 5.41) is 0. The molecule has 13 heavy (non-hydrogen) atoms. The lowest BCUT2D eigenvalue weighted by molar-refractivity contribution is 0.609. The predicted octanol–water partition coefficient (Wildman–Crippen LogP) is 2.66. The van der Waals surface area contributed by atoms with Crippen LogP contribution in [0.25, 0.3) is 0 Å². The highest BCUT2D eigenvalue weighted by molar-refractivity contribution is 9.47. The summed E-state index contributed by atoms with van der Waals surface area (Å²) in [4.78, 5) is 0. The van der Waals surface area contributed by atoms with E-state index in [0.717, 1.165) is 12.1 Å². The Kier molecular flexibility index (Phi) is 4.09. The summed E-state index contributed by atoms with van der Waals surface area (Å²) in [6.07, 6.45) is 0.997. The van der Waals surface area contributed by atoms with Gasteiger partial charge < -0.3 is 4.55 Å². The molecule has 0 saturated heterocycles. The van der Waals surface area contributed by atoms with E-state index in [2.05, 4.69) is 27.8 Å². The predicted molar refractivity (Wildman–Crippen MR) is 61.3 cm³/mol. The molecule has 0 fully saturated rings. The molecule has 0 bridgehead atoms. The highest BCUT2D eigenvalue weighted by atomic mass is 79.9. The molecular weight excluding hydrogens is 250 g/mol. The first kappa shape index (κ1) is 10.9. The van der Waals surface area contributed by atoms with Gasteiger partial charge in [0.2, 0.25) is 0 Å². The fraction of sp³-hybridized carbons (Fsp3) is 0.333. The lowest BCUT2D eigenvalue weighted by Crippen LogP contribution is -2.20. The van der Waals surface area contributed by atoms with Gasteiger partial charge in [0.1, 0.15) is 0 Å². The number of hydrogen-bond acceptors (Lipinski definition) is 2. The Balaban J connectivity index is 2.88. The Morgan fingerprint density at radius 3 is 2.77 bits per heavy atom. The summed E-state index contributed by atoms with van der Waals surface area (Å²) < 4.78 is 12.8. The van der Waals surface area contributed by atoms with E-state index in [1.54, 1.807) is 11.4 Å². The summed E-state index contributed by atoms with van der Waals surface area (Å²) in [6.45, 7) is 2.10.